The second-order valence-electron chi connectivity index (χ2n) is 7.62. The molecule has 0 spiro atoms. The number of hydrogen-bond acceptors (Lipinski definition) is 6. The predicted molar refractivity (Wildman–Crippen MR) is 107 cm³/mol. The van der Waals surface area contributed by atoms with Gasteiger partial charge in [-0.25, -0.2) is 0 Å². The lowest BCUT2D eigenvalue weighted by molar-refractivity contribution is -0.136. The maximum atomic E-state index is 12.7. The van der Waals surface area contributed by atoms with Crippen LogP contribution in [0.15, 0.2) is 18.2 Å². The highest BCUT2D eigenvalue weighted by atomic mass is 32.2. The Kier molecular flexibility index (Phi) is 7.71. The van der Waals surface area contributed by atoms with Gasteiger partial charge in [-0.1, -0.05) is 19.9 Å². The van der Waals surface area contributed by atoms with Gasteiger partial charge in [0.25, 0.3) is 0 Å². The van der Waals surface area contributed by atoms with Gasteiger partial charge in [-0.3, -0.25) is 4.79 Å². The average Bonchev–Trinajstić information content (AvgIpc) is 3.13. The fourth-order valence-corrected chi connectivity index (χ4v) is 3.53. The van der Waals surface area contributed by atoms with Gasteiger partial charge in [0, 0.05) is 25.6 Å². The Balaban J connectivity index is 2.25. The lowest BCUT2D eigenvalue weighted by Gasteiger charge is -2.27. The number of amides is 1. The molecule has 1 aromatic carbocycles. The third-order valence-electron chi connectivity index (χ3n) is 4.64. The first-order valence-electron chi connectivity index (χ1n) is 9.64. The van der Waals surface area contributed by atoms with Crippen molar-refractivity contribution in [2.75, 3.05) is 20.3 Å². The van der Waals surface area contributed by atoms with E-state index in [0.717, 1.165) is 25.0 Å². The third-order valence-corrected chi connectivity index (χ3v) is 6.20. The van der Waals surface area contributed by atoms with E-state index in [9.17, 15) is 13.2 Å². The predicted octanol–water partition coefficient (Wildman–Crippen LogP) is 2.98. The Bertz CT molecular complexity index is 769. The second kappa shape index (κ2) is 9.60. The lowest BCUT2D eigenvalue weighted by Crippen LogP contribution is -2.39. The molecular weight excluding hydrogens is 382 g/mol. The number of carbonyl (C=O) groups is 1. The van der Waals surface area contributed by atoms with Crippen molar-refractivity contribution in [2.45, 2.75) is 58.4 Å². The number of nitrogens with zero attached hydrogens (tertiary/aromatic N) is 1. The van der Waals surface area contributed by atoms with Gasteiger partial charge >= 0.3 is 10.1 Å². The standard InChI is InChI=1S/C20H31NO6S/c1-14(2)20(22)21(13-17-7-6-10-26-17)12-16-8-9-18(25-5)19(11-16)27-28(23,24)15(3)4/h8-9,11,14-15,17H,6-7,10,12-13H2,1-5H3/t17-/m1/s1. The molecule has 1 fully saturated rings. The van der Waals surface area contributed by atoms with Crippen molar-refractivity contribution in [3.05, 3.63) is 23.8 Å². The van der Waals surface area contributed by atoms with Crippen LogP contribution in [0.5, 0.6) is 11.5 Å². The molecule has 2 rings (SSSR count). The summed E-state index contributed by atoms with van der Waals surface area (Å²) in [5, 5.41) is -0.681. The molecule has 1 atom stereocenters. The van der Waals surface area contributed by atoms with E-state index in [1.807, 2.05) is 19.9 Å². The fraction of sp³-hybridized carbons (Fsp3) is 0.650. The molecule has 1 saturated heterocycles. The maximum Gasteiger partial charge on any atom is 0.311 e. The molecule has 0 bridgehead atoms. The van der Waals surface area contributed by atoms with Gasteiger partial charge in [-0.05, 0) is 44.4 Å². The number of carbonyl (C=O) groups excluding carboxylic acids is 1. The van der Waals surface area contributed by atoms with Gasteiger partial charge in [0.15, 0.2) is 11.5 Å². The highest BCUT2D eigenvalue weighted by molar-refractivity contribution is 7.87. The molecule has 1 heterocycles. The van der Waals surface area contributed by atoms with Gasteiger partial charge in [0.2, 0.25) is 5.91 Å². The highest BCUT2D eigenvalue weighted by Crippen LogP contribution is 2.31. The number of methoxy groups -OCH3 is 1. The zero-order valence-electron chi connectivity index (χ0n) is 17.3. The van der Waals surface area contributed by atoms with Crippen molar-refractivity contribution in [1.29, 1.82) is 0 Å². The van der Waals surface area contributed by atoms with Crippen LogP contribution in [-0.2, 0) is 26.2 Å². The molecule has 1 aromatic rings. The van der Waals surface area contributed by atoms with E-state index in [0.29, 0.717) is 18.8 Å². The van der Waals surface area contributed by atoms with E-state index in [1.165, 1.54) is 7.11 Å². The summed E-state index contributed by atoms with van der Waals surface area (Å²) >= 11 is 0. The van der Waals surface area contributed by atoms with Crippen LogP contribution in [0, 0.1) is 5.92 Å². The minimum atomic E-state index is -3.76. The maximum absolute atomic E-state index is 12.7. The first kappa shape index (κ1) is 22.5. The molecule has 7 nitrogen and oxygen atoms in total. The van der Waals surface area contributed by atoms with E-state index in [-0.39, 0.29) is 23.7 Å². The summed E-state index contributed by atoms with van der Waals surface area (Å²) in [4.78, 5) is 14.4. The van der Waals surface area contributed by atoms with E-state index >= 15 is 0 Å². The Morgan fingerprint density at radius 3 is 2.50 bits per heavy atom. The molecule has 0 saturated carbocycles. The molecule has 0 N–H and O–H groups in total. The molecule has 1 aliphatic rings. The first-order valence-corrected chi connectivity index (χ1v) is 11.1. The van der Waals surface area contributed by atoms with Gasteiger partial charge in [0.05, 0.1) is 18.5 Å². The molecule has 0 aliphatic carbocycles. The third kappa shape index (κ3) is 5.85. The molecule has 158 valence electrons. The van der Waals surface area contributed by atoms with Gasteiger partial charge in [0.1, 0.15) is 0 Å². The van der Waals surface area contributed by atoms with Crippen molar-refractivity contribution in [2.24, 2.45) is 5.92 Å². The van der Waals surface area contributed by atoms with Crippen LogP contribution < -0.4 is 8.92 Å². The van der Waals surface area contributed by atoms with Gasteiger partial charge < -0.3 is 18.6 Å². The minimum Gasteiger partial charge on any atom is -0.493 e. The molecule has 1 amide bonds. The monoisotopic (exact) mass is 413 g/mol. The van der Waals surface area contributed by atoms with Crippen LogP contribution in [0.1, 0.15) is 46.1 Å². The first-order chi connectivity index (χ1) is 13.1. The van der Waals surface area contributed by atoms with E-state index < -0.39 is 15.4 Å². The summed E-state index contributed by atoms with van der Waals surface area (Å²) in [6.07, 6.45) is 1.98. The van der Waals surface area contributed by atoms with Gasteiger partial charge in [-0.2, -0.15) is 8.42 Å². The number of rotatable bonds is 9. The smallest absolute Gasteiger partial charge is 0.311 e. The topological polar surface area (TPSA) is 82.1 Å². The lowest BCUT2D eigenvalue weighted by atomic mass is 10.1. The Hall–Kier alpha value is -1.80. The summed E-state index contributed by atoms with van der Waals surface area (Å²) in [5.41, 5.74) is 0.766. The van der Waals surface area contributed by atoms with Crippen LogP contribution in [0.4, 0.5) is 0 Å². The normalized spacial score (nSPS) is 17.2. The molecule has 28 heavy (non-hydrogen) atoms. The van der Waals surface area contributed by atoms with Crippen molar-refractivity contribution in [3.63, 3.8) is 0 Å². The second-order valence-corrected chi connectivity index (χ2v) is 9.71. The Morgan fingerprint density at radius 1 is 1.25 bits per heavy atom. The molecular formula is C20H31NO6S. The average molecular weight is 414 g/mol. The van der Waals surface area contributed by atoms with Crippen molar-refractivity contribution in [1.82, 2.24) is 4.90 Å². The van der Waals surface area contributed by atoms with E-state index in [2.05, 4.69) is 0 Å². The molecule has 8 heteroatoms. The SMILES string of the molecule is COc1ccc(CN(C[C@H]2CCCO2)C(=O)C(C)C)cc1OS(=O)(=O)C(C)C. The Labute approximate surface area is 168 Å². The number of benzene rings is 1. The van der Waals surface area contributed by atoms with Crippen LogP contribution in [-0.4, -0.2) is 50.8 Å². The Morgan fingerprint density at radius 2 is 1.96 bits per heavy atom. The molecule has 0 radical (unpaired) electrons. The zero-order valence-corrected chi connectivity index (χ0v) is 18.1. The quantitative estimate of drug-likeness (QED) is 0.579. The summed E-state index contributed by atoms with van der Waals surface area (Å²) in [6, 6.07) is 5.09. The van der Waals surface area contributed by atoms with Crippen LogP contribution >= 0.6 is 0 Å². The summed E-state index contributed by atoms with van der Waals surface area (Å²) in [6.45, 7) is 8.42. The van der Waals surface area contributed by atoms with Crippen LogP contribution in [0.2, 0.25) is 0 Å². The minimum absolute atomic E-state index is 0.0311. The molecule has 0 aromatic heterocycles. The highest BCUT2D eigenvalue weighted by Gasteiger charge is 2.25. The van der Waals surface area contributed by atoms with Crippen molar-refractivity contribution >= 4 is 16.0 Å². The van der Waals surface area contributed by atoms with Crippen LogP contribution in [0.25, 0.3) is 0 Å². The molecule has 1 aliphatic heterocycles. The van der Waals surface area contributed by atoms with Crippen molar-refractivity contribution < 1.29 is 26.9 Å². The summed E-state index contributed by atoms with van der Waals surface area (Å²) in [7, 11) is -2.30. The van der Waals surface area contributed by atoms with Crippen LogP contribution in [0.3, 0.4) is 0 Å². The number of hydrogen-bond donors (Lipinski definition) is 0. The van der Waals surface area contributed by atoms with Gasteiger partial charge in [-0.15, -0.1) is 0 Å². The molecule has 0 unspecified atom stereocenters. The van der Waals surface area contributed by atoms with Crippen molar-refractivity contribution in [3.8, 4) is 11.5 Å². The zero-order chi connectivity index (χ0) is 20.9. The fourth-order valence-electron chi connectivity index (χ4n) is 2.96. The van der Waals surface area contributed by atoms with E-state index in [1.54, 1.807) is 30.9 Å². The largest absolute Gasteiger partial charge is 0.493 e. The number of ether oxygens (including phenoxy) is 2. The summed E-state index contributed by atoms with van der Waals surface area (Å²) in [5.74, 6) is 0.344. The van der Waals surface area contributed by atoms with E-state index in [4.69, 9.17) is 13.7 Å². The summed E-state index contributed by atoms with van der Waals surface area (Å²) < 4.78 is 40.5.